The highest BCUT2D eigenvalue weighted by Crippen LogP contribution is 2.27. The third-order valence-corrected chi connectivity index (χ3v) is 8.57. The molecule has 5 nitrogen and oxygen atoms in total. The number of nitrogens with one attached hydrogen (secondary N) is 1. The summed E-state index contributed by atoms with van der Waals surface area (Å²) < 4.78 is 28.9. The van der Waals surface area contributed by atoms with Gasteiger partial charge in [-0.3, -0.25) is 9.10 Å². The lowest BCUT2D eigenvalue weighted by molar-refractivity contribution is -0.120. The number of hydrogen-bond acceptors (Lipinski definition) is 3. The number of amides is 1. The maximum atomic E-state index is 13.5. The minimum atomic E-state index is -3.92. The first-order valence-corrected chi connectivity index (χ1v) is 13.9. The topological polar surface area (TPSA) is 66.5 Å². The number of nitrogens with zero attached hydrogens (tertiary/aromatic N) is 1. The lowest BCUT2D eigenvalue weighted by Gasteiger charge is -2.26. The van der Waals surface area contributed by atoms with Crippen LogP contribution >= 0.6 is 15.9 Å². The van der Waals surface area contributed by atoms with E-state index in [0.29, 0.717) is 12.1 Å². The molecule has 3 aromatic rings. The molecule has 0 unspecified atom stereocenters. The number of hydrogen-bond donors (Lipinski definition) is 1. The molecule has 1 aliphatic rings. The predicted molar refractivity (Wildman–Crippen MR) is 139 cm³/mol. The van der Waals surface area contributed by atoms with Gasteiger partial charge in [0.1, 0.15) is 6.54 Å². The summed E-state index contributed by atoms with van der Waals surface area (Å²) >= 11 is 3.39. The van der Waals surface area contributed by atoms with Crippen molar-refractivity contribution in [3.63, 3.8) is 0 Å². The van der Waals surface area contributed by atoms with E-state index < -0.39 is 10.0 Å². The molecule has 1 atom stereocenters. The molecule has 178 valence electrons. The first-order valence-electron chi connectivity index (χ1n) is 11.6. The van der Waals surface area contributed by atoms with Gasteiger partial charge in [0.2, 0.25) is 5.91 Å². The zero-order valence-electron chi connectivity index (χ0n) is 19.2. The van der Waals surface area contributed by atoms with E-state index in [-0.39, 0.29) is 23.4 Å². The van der Waals surface area contributed by atoms with Gasteiger partial charge in [0.15, 0.2) is 0 Å². The molecule has 0 bridgehead atoms. The van der Waals surface area contributed by atoms with E-state index in [0.717, 1.165) is 22.9 Å². The molecule has 0 spiro atoms. The zero-order chi connectivity index (χ0) is 24.1. The number of carbonyl (C=O) groups excluding carboxylic acids is 1. The van der Waals surface area contributed by atoms with Gasteiger partial charge < -0.3 is 5.32 Å². The summed E-state index contributed by atoms with van der Waals surface area (Å²) in [6.07, 6.45) is 5.31. The molecule has 1 aliphatic carbocycles. The molecule has 34 heavy (non-hydrogen) atoms. The lowest BCUT2D eigenvalue weighted by Crippen LogP contribution is -2.42. The van der Waals surface area contributed by atoms with Crippen molar-refractivity contribution < 1.29 is 13.2 Å². The molecular weight excluding hydrogens is 512 g/mol. The first-order chi connectivity index (χ1) is 16.4. The highest BCUT2D eigenvalue weighted by molar-refractivity contribution is 9.10. The smallest absolute Gasteiger partial charge is 0.264 e. The van der Waals surface area contributed by atoms with Crippen LogP contribution in [0.15, 0.2) is 82.2 Å². The quantitative estimate of drug-likeness (QED) is 0.393. The molecular formula is C27H29BrN2O3S. The third kappa shape index (κ3) is 5.53. The molecule has 0 aliphatic heterocycles. The van der Waals surface area contributed by atoms with E-state index in [9.17, 15) is 13.2 Å². The number of aryl methyl sites for hydroxylation is 2. The molecule has 0 saturated heterocycles. The van der Waals surface area contributed by atoms with Crippen LogP contribution in [0, 0.1) is 0 Å². The summed E-state index contributed by atoms with van der Waals surface area (Å²) in [5.74, 6) is -0.341. The van der Waals surface area contributed by atoms with Gasteiger partial charge in [-0.25, -0.2) is 8.42 Å². The SMILES string of the molecule is CC[C@@H](NC(=O)CN(c1ccc(Br)cc1)S(=O)(=O)c1ccccc1)c1ccc2c(c1)CCCC2. The van der Waals surface area contributed by atoms with Crippen molar-refractivity contribution in [1.82, 2.24) is 5.32 Å². The van der Waals surface area contributed by atoms with Gasteiger partial charge in [-0.05, 0) is 85.2 Å². The molecule has 0 aromatic heterocycles. The monoisotopic (exact) mass is 540 g/mol. The van der Waals surface area contributed by atoms with Gasteiger partial charge in [0.25, 0.3) is 10.0 Å². The fraction of sp³-hybridized carbons (Fsp3) is 0.296. The van der Waals surface area contributed by atoms with Crippen LogP contribution < -0.4 is 9.62 Å². The van der Waals surface area contributed by atoms with Crippen molar-refractivity contribution in [3.8, 4) is 0 Å². The van der Waals surface area contributed by atoms with E-state index in [1.165, 1.54) is 28.3 Å². The van der Waals surface area contributed by atoms with Crippen molar-refractivity contribution in [2.24, 2.45) is 0 Å². The summed E-state index contributed by atoms with van der Waals surface area (Å²) in [4.78, 5) is 13.3. The molecule has 7 heteroatoms. The van der Waals surface area contributed by atoms with E-state index in [2.05, 4.69) is 39.4 Å². The Morgan fingerprint density at radius 3 is 2.32 bits per heavy atom. The Balaban J connectivity index is 1.58. The normalized spacial score (nSPS) is 14.2. The van der Waals surface area contributed by atoms with Crippen LogP contribution in [-0.2, 0) is 27.7 Å². The largest absolute Gasteiger partial charge is 0.348 e. The molecule has 1 amide bonds. The third-order valence-electron chi connectivity index (χ3n) is 6.25. The fourth-order valence-electron chi connectivity index (χ4n) is 4.40. The standard InChI is InChI=1S/C27H29BrN2O3S/c1-2-26(22-13-12-20-8-6-7-9-21(20)18-22)29-27(31)19-30(24-16-14-23(28)15-17-24)34(32,33)25-10-4-3-5-11-25/h3-5,10-18,26H,2,6-9,19H2,1H3,(H,29,31)/t26-/m1/s1. The maximum absolute atomic E-state index is 13.5. The Hall–Kier alpha value is -2.64. The van der Waals surface area contributed by atoms with Gasteiger partial charge in [0, 0.05) is 4.47 Å². The number of carbonyl (C=O) groups is 1. The second kappa shape index (κ2) is 10.7. The van der Waals surface area contributed by atoms with Crippen molar-refractivity contribution >= 4 is 37.5 Å². The van der Waals surface area contributed by atoms with Crippen LogP contribution in [0.1, 0.15) is 48.9 Å². The summed E-state index contributed by atoms with van der Waals surface area (Å²) in [6.45, 7) is 1.72. The average molecular weight is 542 g/mol. The lowest BCUT2D eigenvalue weighted by atomic mass is 9.89. The zero-order valence-corrected chi connectivity index (χ0v) is 21.6. The maximum Gasteiger partial charge on any atom is 0.264 e. The Labute approximate surface area is 210 Å². The van der Waals surface area contributed by atoms with Gasteiger partial charge in [-0.15, -0.1) is 0 Å². The summed E-state index contributed by atoms with van der Waals surface area (Å²) in [5.41, 5.74) is 4.26. The van der Waals surface area contributed by atoms with Crippen molar-refractivity contribution in [1.29, 1.82) is 0 Å². The molecule has 3 aromatic carbocycles. The van der Waals surface area contributed by atoms with Crippen LogP contribution in [0.2, 0.25) is 0 Å². The first kappa shape index (κ1) is 24.5. The minimum absolute atomic E-state index is 0.146. The molecule has 0 fully saturated rings. The van der Waals surface area contributed by atoms with Gasteiger partial charge in [-0.2, -0.15) is 0 Å². The highest BCUT2D eigenvalue weighted by atomic mass is 79.9. The number of fused-ring (bicyclic) bond motifs is 1. The van der Waals surface area contributed by atoms with Crippen LogP contribution in [0.5, 0.6) is 0 Å². The Morgan fingerprint density at radius 1 is 0.971 bits per heavy atom. The van der Waals surface area contributed by atoms with Crippen LogP contribution in [0.25, 0.3) is 0 Å². The average Bonchev–Trinajstić information content (AvgIpc) is 2.86. The number of rotatable bonds is 8. The summed E-state index contributed by atoms with van der Waals surface area (Å²) in [6, 6.07) is 21.4. The second-order valence-electron chi connectivity index (χ2n) is 8.56. The summed E-state index contributed by atoms with van der Waals surface area (Å²) in [5, 5.41) is 3.07. The predicted octanol–water partition coefficient (Wildman–Crippen LogP) is 5.79. The minimum Gasteiger partial charge on any atom is -0.348 e. The van der Waals surface area contributed by atoms with E-state index in [4.69, 9.17) is 0 Å². The van der Waals surface area contributed by atoms with Crippen molar-refractivity contribution in [3.05, 3.63) is 94.0 Å². The highest BCUT2D eigenvalue weighted by Gasteiger charge is 2.28. The van der Waals surface area contributed by atoms with Crippen LogP contribution in [0.3, 0.4) is 0 Å². The molecule has 4 rings (SSSR count). The van der Waals surface area contributed by atoms with Gasteiger partial charge in [0.05, 0.1) is 16.6 Å². The van der Waals surface area contributed by atoms with E-state index in [1.54, 1.807) is 54.6 Å². The van der Waals surface area contributed by atoms with E-state index in [1.807, 2.05) is 6.92 Å². The molecule has 0 heterocycles. The number of benzene rings is 3. The Bertz CT molecular complexity index is 1240. The van der Waals surface area contributed by atoms with Crippen LogP contribution in [-0.4, -0.2) is 20.9 Å². The number of anilines is 1. The van der Waals surface area contributed by atoms with E-state index >= 15 is 0 Å². The Morgan fingerprint density at radius 2 is 1.65 bits per heavy atom. The van der Waals surface area contributed by atoms with Gasteiger partial charge >= 0.3 is 0 Å². The molecule has 0 radical (unpaired) electrons. The van der Waals surface area contributed by atoms with Crippen molar-refractivity contribution in [2.75, 3.05) is 10.8 Å². The number of halogens is 1. The van der Waals surface area contributed by atoms with Crippen LogP contribution in [0.4, 0.5) is 5.69 Å². The fourth-order valence-corrected chi connectivity index (χ4v) is 6.11. The van der Waals surface area contributed by atoms with Crippen molar-refractivity contribution in [2.45, 2.75) is 50.0 Å². The Kier molecular flexibility index (Phi) is 7.73. The number of sulfonamides is 1. The van der Waals surface area contributed by atoms with Gasteiger partial charge in [-0.1, -0.05) is 59.3 Å². The summed E-state index contributed by atoms with van der Waals surface area (Å²) in [7, 11) is -3.92. The molecule has 1 N–H and O–H groups in total. The molecule has 0 saturated carbocycles. The second-order valence-corrected chi connectivity index (χ2v) is 11.3.